The Balaban J connectivity index is 2.58. The largest absolute Gasteiger partial charge is 0.444 e. The van der Waals surface area contributed by atoms with Crippen LogP contribution in [0.25, 0.3) is 0 Å². The van der Waals surface area contributed by atoms with Gasteiger partial charge in [-0.3, -0.25) is 0 Å². The molecule has 1 rings (SSSR count). The maximum Gasteiger partial charge on any atom is 0.407 e. The first-order chi connectivity index (χ1) is 5.65. The second kappa shape index (κ2) is 3.81. The topological polar surface area (TPSA) is 38.3 Å². The molecule has 1 N–H and O–H groups in total. The third-order valence-corrected chi connectivity index (χ3v) is 2.11. The maximum atomic E-state index is 10.8. The van der Waals surface area contributed by atoms with Gasteiger partial charge in [-0.15, -0.1) is 18.2 Å². The summed E-state index contributed by atoms with van der Waals surface area (Å²) in [4.78, 5) is 10.8. The van der Waals surface area contributed by atoms with E-state index in [1.54, 1.807) is 6.08 Å². The maximum absolute atomic E-state index is 10.8. The van der Waals surface area contributed by atoms with Crippen molar-refractivity contribution >= 4 is 17.7 Å². The van der Waals surface area contributed by atoms with Crippen LogP contribution in [0.5, 0.6) is 0 Å². The van der Waals surface area contributed by atoms with Gasteiger partial charge in [-0.25, -0.2) is 4.79 Å². The number of hydrogen-bond acceptors (Lipinski definition) is 2. The summed E-state index contributed by atoms with van der Waals surface area (Å²) in [7, 11) is 0. The SMILES string of the molecule is C=CC[C@H]1OC(=O)N[C@H]1C(C)Cl. The van der Waals surface area contributed by atoms with E-state index < -0.39 is 0 Å². The van der Waals surface area contributed by atoms with Crippen molar-refractivity contribution in [3.63, 3.8) is 0 Å². The minimum absolute atomic E-state index is 0.0998. The Morgan fingerprint density at radius 2 is 2.58 bits per heavy atom. The van der Waals surface area contributed by atoms with Gasteiger partial charge in [0.25, 0.3) is 0 Å². The highest BCUT2D eigenvalue weighted by atomic mass is 35.5. The van der Waals surface area contributed by atoms with E-state index in [0.29, 0.717) is 6.42 Å². The quantitative estimate of drug-likeness (QED) is 0.542. The Labute approximate surface area is 76.7 Å². The number of rotatable bonds is 3. The molecule has 12 heavy (non-hydrogen) atoms. The van der Waals surface area contributed by atoms with Gasteiger partial charge in [-0.2, -0.15) is 0 Å². The monoisotopic (exact) mass is 189 g/mol. The van der Waals surface area contributed by atoms with Gasteiger partial charge in [0, 0.05) is 6.42 Å². The van der Waals surface area contributed by atoms with Gasteiger partial charge in [0.05, 0.1) is 11.4 Å². The molecule has 68 valence electrons. The van der Waals surface area contributed by atoms with E-state index in [0.717, 1.165) is 0 Å². The van der Waals surface area contributed by atoms with Crippen LogP contribution < -0.4 is 5.32 Å². The van der Waals surface area contributed by atoms with Crippen LogP contribution in [0.4, 0.5) is 4.79 Å². The molecule has 1 aliphatic heterocycles. The normalized spacial score (nSPS) is 30.7. The highest BCUT2D eigenvalue weighted by molar-refractivity contribution is 6.21. The van der Waals surface area contributed by atoms with Gasteiger partial charge in [0.1, 0.15) is 6.10 Å². The van der Waals surface area contributed by atoms with Gasteiger partial charge in [0.15, 0.2) is 0 Å². The van der Waals surface area contributed by atoms with Crippen LogP contribution in [-0.2, 0) is 4.74 Å². The van der Waals surface area contributed by atoms with Crippen LogP contribution in [0.2, 0.25) is 0 Å². The van der Waals surface area contributed by atoms with Gasteiger partial charge < -0.3 is 10.1 Å². The Morgan fingerprint density at radius 1 is 1.92 bits per heavy atom. The van der Waals surface area contributed by atoms with E-state index in [1.165, 1.54) is 0 Å². The number of ether oxygens (including phenoxy) is 1. The highest BCUT2D eigenvalue weighted by Crippen LogP contribution is 2.18. The molecule has 1 fully saturated rings. The number of amides is 1. The standard InChI is InChI=1S/C8H12ClNO2/c1-3-4-6-7(5(2)9)10-8(11)12-6/h3,5-7H,1,4H2,2H3,(H,10,11)/t5?,6-,7+/m1/s1. The van der Waals surface area contributed by atoms with Crippen molar-refractivity contribution in [3.05, 3.63) is 12.7 Å². The number of alkyl carbamates (subject to hydrolysis) is 1. The molecule has 3 atom stereocenters. The zero-order chi connectivity index (χ0) is 9.14. The molecule has 0 aromatic carbocycles. The van der Waals surface area contributed by atoms with E-state index in [4.69, 9.17) is 16.3 Å². The predicted molar refractivity (Wildman–Crippen MR) is 47.3 cm³/mol. The smallest absolute Gasteiger partial charge is 0.407 e. The molecule has 1 aliphatic rings. The summed E-state index contributed by atoms with van der Waals surface area (Å²) in [6.45, 7) is 5.41. The predicted octanol–water partition coefficient (Wildman–Crippen LogP) is 1.67. The van der Waals surface area contributed by atoms with Crippen LogP contribution in [0.1, 0.15) is 13.3 Å². The van der Waals surface area contributed by atoms with E-state index in [-0.39, 0.29) is 23.6 Å². The fourth-order valence-corrected chi connectivity index (χ4v) is 1.47. The number of halogens is 1. The van der Waals surface area contributed by atoms with Crippen LogP contribution in [-0.4, -0.2) is 23.6 Å². The molecule has 0 spiro atoms. The Morgan fingerprint density at radius 3 is 3.08 bits per heavy atom. The third kappa shape index (κ3) is 1.91. The molecule has 1 heterocycles. The summed E-state index contributed by atoms with van der Waals surface area (Å²) < 4.78 is 4.97. The third-order valence-electron chi connectivity index (χ3n) is 1.84. The molecule has 0 aliphatic carbocycles. The molecular formula is C8H12ClNO2. The number of nitrogens with one attached hydrogen (secondary N) is 1. The second-order valence-electron chi connectivity index (χ2n) is 2.82. The first-order valence-corrected chi connectivity index (χ1v) is 4.31. The highest BCUT2D eigenvalue weighted by Gasteiger charge is 2.35. The summed E-state index contributed by atoms with van der Waals surface area (Å²) in [6, 6.07) is -0.0998. The van der Waals surface area contributed by atoms with Crippen molar-refractivity contribution in [1.82, 2.24) is 5.32 Å². The van der Waals surface area contributed by atoms with E-state index in [1.807, 2.05) is 6.92 Å². The molecule has 0 radical (unpaired) electrons. The zero-order valence-corrected chi connectivity index (χ0v) is 7.67. The van der Waals surface area contributed by atoms with Crippen LogP contribution in [0.3, 0.4) is 0 Å². The first-order valence-electron chi connectivity index (χ1n) is 3.87. The minimum Gasteiger partial charge on any atom is -0.444 e. The molecule has 1 unspecified atom stereocenters. The number of hydrogen-bond donors (Lipinski definition) is 1. The molecule has 0 aromatic heterocycles. The number of carbonyl (C=O) groups is 1. The number of cyclic esters (lactones) is 1. The number of alkyl halides is 1. The fourth-order valence-electron chi connectivity index (χ4n) is 1.24. The summed E-state index contributed by atoms with van der Waals surface area (Å²) in [5.74, 6) is 0. The summed E-state index contributed by atoms with van der Waals surface area (Å²) >= 11 is 5.85. The van der Waals surface area contributed by atoms with Crippen LogP contribution in [0.15, 0.2) is 12.7 Å². The van der Waals surface area contributed by atoms with Crippen molar-refractivity contribution in [2.45, 2.75) is 30.9 Å². The Kier molecular flexibility index (Phi) is 2.98. The lowest BCUT2D eigenvalue weighted by Gasteiger charge is -2.16. The molecule has 0 saturated carbocycles. The lowest BCUT2D eigenvalue weighted by Crippen LogP contribution is -2.38. The summed E-state index contributed by atoms with van der Waals surface area (Å²) in [5.41, 5.74) is 0. The Hall–Kier alpha value is -0.700. The average Bonchev–Trinajstić information content (AvgIpc) is 2.32. The van der Waals surface area contributed by atoms with Gasteiger partial charge in [-0.1, -0.05) is 6.08 Å². The van der Waals surface area contributed by atoms with Gasteiger partial charge in [-0.05, 0) is 6.92 Å². The number of carbonyl (C=O) groups excluding carboxylic acids is 1. The van der Waals surface area contributed by atoms with E-state index in [9.17, 15) is 4.79 Å². The molecule has 3 nitrogen and oxygen atoms in total. The minimum atomic E-state index is -0.389. The van der Waals surface area contributed by atoms with Crippen molar-refractivity contribution in [3.8, 4) is 0 Å². The van der Waals surface area contributed by atoms with Crippen molar-refractivity contribution in [1.29, 1.82) is 0 Å². The van der Waals surface area contributed by atoms with E-state index >= 15 is 0 Å². The molecule has 1 amide bonds. The van der Waals surface area contributed by atoms with Crippen molar-refractivity contribution < 1.29 is 9.53 Å². The lowest BCUT2D eigenvalue weighted by molar-refractivity contribution is 0.133. The molecule has 4 heteroatoms. The van der Waals surface area contributed by atoms with Gasteiger partial charge in [0.2, 0.25) is 0 Å². The van der Waals surface area contributed by atoms with Gasteiger partial charge >= 0.3 is 6.09 Å². The fraction of sp³-hybridized carbons (Fsp3) is 0.625. The van der Waals surface area contributed by atoms with Crippen LogP contribution in [0, 0.1) is 0 Å². The molecule has 0 bridgehead atoms. The average molecular weight is 190 g/mol. The summed E-state index contributed by atoms with van der Waals surface area (Å²) in [6.07, 6.45) is 1.80. The van der Waals surface area contributed by atoms with Crippen LogP contribution >= 0.6 is 11.6 Å². The molecule has 1 saturated heterocycles. The van der Waals surface area contributed by atoms with Crippen molar-refractivity contribution in [2.75, 3.05) is 0 Å². The lowest BCUT2D eigenvalue weighted by atomic mass is 10.1. The zero-order valence-electron chi connectivity index (χ0n) is 6.92. The summed E-state index contributed by atoms with van der Waals surface area (Å²) in [5, 5.41) is 2.52. The molecular weight excluding hydrogens is 178 g/mol. The molecule has 0 aromatic rings. The van der Waals surface area contributed by atoms with E-state index in [2.05, 4.69) is 11.9 Å². The second-order valence-corrected chi connectivity index (χ2v) is 3.50. The van der Waals surface area contributed by atoms with Crippen molar-refractivity contribution in [2.24, 2.45) is 0 Å². The first kappa shape index (κ1) is 9.39. The Bertz CT molecular complexity index is 193.